The number of rotatable bonds is 3. The fraction of sp³-hybridized carbons (Fsp3) is 0.222. The van der Waals surface area contributed by atoms with E-state index in [4.69, 9.17) is 11.6 Å². The van der Waals surface area contributed by atoms with Crippen LogP contribution >= 0.6 is 11.6 Å². The maximum absolute atomic E-state index is 11.3. The molecule has 0 aliphatic heterocycles. The maximum atomic E-state index is 11.3. The van der Waals surface area contributed by atoms with E-state index < -0.39 is 9.84 Å². The van der Waals surface area contributed by atoms with Crippen LogP contribution in [0.15, 0.2) is 28.1 Å². The van der Waals surface area contributed by atoms with Crippen LogP contribution in [0.2, 0.25) is 5.02 Å². The first-order chi connectivity index (χ1) is 6.95. The van der Waals surface area contributed by atoms with Crippen LogP contribution in [0.5, 0.6) is 0 Å². The summed E-state index contributed by atoms with van der Waals surface area (Å²) < 4.78 is 22.7. The topological polar surface area (TPSA) is 63.6 Å². The monoisotopic (exact) mass is 245 g/mol. The van der Waals surface area contributed by atoms with Crippen molar-refractivity contribution in [3.8, 4) is 0 Å². The summed E-state index contributed by atoms with van der Waals surface area (Å²) in [5.74, 6) is 0. The quantitative estimate of drug-likeness (QED) is 0.600. The number of halogens is 1. The second-order valence-electron chi connectivity index (χ2n) is 2.93. The molecule has 0 aliphatic carbocycles. The number of isocyanates is 1. The molecule has 1 aromatic rings. The molecular formula is C9H8ClNO3S. The van der Waals surface area contributed by atoms with Crippen molar-refractivity contribution in [1.82, 2.24) is 0 Å². The van der Waals surface area contributed by atoms with Gasteiger partial charge in [-0.2, -0.15) is 0 Å². The van der Waals surface area contributed by atoms with Crippen LogP contribution in [0.25, 0.3) is 0 Å². The van der Waals surface area contributed by atoms with Crippen LogP contribution < -0.4 is 0 Å². The highest BCUT2D eigenvalue weighted by atomic mass is 35.5. The molecule has 0 spiro atoms. The lowest BCUT2D eigenvalue weighted by Gasteiger charge is -2.04. The summed E-state index contributed by atoms with van der Waals surface area (Å²) in [6, 6.07) is 4.35. The van der Waals surface area contributed by atoms with Gasteiger partial charge in [0.1, 0.15) is 0 Å². The van der Waals surface area contributed by atoms with E-state index in [1.54, 1.807) is 0 Å². The molecule has 1 rings (SSSR count). The molecule has 0 saturated heterocycles. The van der Waals surface area contributed by atoms with Gasteiger partial charge in [0.15, 0.2) is 9.84 Å². The molecule has 1 aromatic carbocycles. The molecule has 4 nitrogen and oxygen atoms in total. The van der Waals surface area contributed by atoms with Gasteiger partial charge in [0, 0.05) is 11.3 Å². The van der Waals surface area contributed by atoms with Crippen molar-refractivity contribution < 1.29 is 13.2 Å². The summed E-state index contributed by atoms with van der Waals surface area (Å²) in [5.41, 5.74) is 0.397. The summed E-state index contributed by atoms with van der Waals surface area (Å²) >= 11 is 5.71. The fourth-order valence-electron chi connectivity index (χ4n) is 1.15. The zero-order valence-corrected chi connectivity index (χ0v) is 9.47. The molecule has 0 N–H and O–H groups in total. The lowest BCUT2D eigenvalue weighted by Crippen LogP contribution is -2.01. The number of aliphatic imine (C=N–C) groups is 1. The second-order valence-corrected chi connectivity index (χ2v) is 5.35. The number of sulfone groups is 1. The van der Waals surface area contributed by atoms with Crippen molar-refractivity contribution in [1.29, 1.82) is 0 Å². The molecule has 0 unspecified atom stereocenters. The lowest BCUT2D eigenvalue weighted by atomic mass is 10.2. The van der Waals surface area contributed by atoms with E-state index in [2.05, 4.69) is 4.99 Å². The Kier molecular flexibility index (Phi) is 3.63. The average molecular weight is 246 g/mol. The minimum absolute atomic E-state index is 0.0353. The Morgan fingerprint density at radius 3 is 2.67 bits per heavy atom. The predicted octanol–water partition coefficient (Wildman–Crippen LogP) is 1.58. The largest absolute Gasteiger partial charge is 0.235 e. The molecular weight excluding hydrogens is 238 g/mol. The van der Waals surface area contributed by atoms with Gasteiger partial charge in [0.2, 0.25) is 6.08 Å². The zero-order chi connectivity index (χ0) is 11.5. The standard InChI is InChI=1S/C9H8ClNO3S/c1-15(13,14)9-3-2-8(10)4-7(9)5-11-6-12/h2-4H,5H2,1H3. The van der Waals surface area contributed by atoms with E-state index in [9.17, 15) is 13.2 Å². The Morgan fingerprint density at radius 1 is 1.47 bits per heavy atom. The molecule has 0 fully saturated rings. The average Bonchev–Trinajstić information content (AvgIpc) is 2.12. The van der Waals surface area contributed by atoms with Crippen molar-refractivity contribution in [3.63, 3.8) is 0 Å². The fourth-order valence-corrected chi connectivity index (χ4v) is 2.26. The van der Waals surface area contributed by atoms with Crippen molar-refractivity contribution >= 4 is 27.5 Å². The van der Waals surface area contributed by atoms with Crippen LogP contribution in [0.1, 0.15) is 5.56 Å². The summed E-state index contributed by atoms with van der Waals surface area (Å²) in [6.45, 7) is -0.0353. The summed E-state index contributed by atoms with van der Waals surface area (Å²) in [6.07, 6.45) is 2.44. The van der Waals surface area contributed by atoms with Gasteiger partial charge >= 0.3 is 0 Å². The number of carbonyl (C=O) groups excluding carboxylic acids is 1. The van der Waals surface area contributed by atoms with Crippen molar-refractivity contribution in [2.75, 3.05) is 6.26 Å². The van der Waals surface area contributed by atoms with Crippen molar-refractivity contribution in [3.05, 3.63) is 28.8 Å². The highest BCUT2D eigenvalue weighted by Crippen LogP contribution is 2.21. The van der Waals surface area contributed by atoms with E-state index in [-0.39, 0.29) is 11.4 Å². The van der Waals surface area contributed by atoms with Gasteiger partial charge < -0.3 is 0 Å². The first kappa shape index (κ1) is 11.9. The molecule has 0 bridgehead atoms. The second kappa shape index (κ2) is 4.57. The van der Waals surface area contributed by atoms with Crippen LogP contribution in [0.3, 0.4) is 0 Å². The summed E-state index contributed by atoms with van der Waals surface area (Å²) in [5, 5.41) is 0.401. The van der Waals surface area contributed by atoms with Crippen LogP contribution in [0.4, 0.5) is 0 Å². The first-order valence-electron chi connectivity index (χ1n) is 3.97. The van der Waals surface area contributed by atoms with Gasteiger partial charge in [-0.25, -0.2) is 18.2 Å². The van der Waals surface area contributed by atoms with Crippen LogP contribution in [-0.2, 0) is 21.2 Å². The Labute approximate surface area is 92.5 Å². The van der Waals surface area contributed by atoms with Gasteiger partial charge in [0.25, 0.3) is 0 Å². The van der Waals surface area contributed by atoms with Gasteiger partial charge in [-0.05, 0) is 23.8 Å². The number of hydrogen-bond acceptors (Lipinski definition) is 4. The van der Waals surface area contributed by atoms with E-state index in [1.807, 2.05) is 0 Å². The summed E-state index contributed by atoms with van der Waals surface area (Å²) in [4.78, 5) is 13.4. The molecule has 0 atom stereocenters. The van der Waals surface area contributed by atoms with E-state index in [0.29, 0.717) is 10.6 Å². The van der Waals surface area contributed by atoms with Crippen molar-refractivity contribution in [2.24, 2.45) is 4.99 Å². The highest BCUT2D eigenvalue weighted by molar-refractivity contribution is 7.90. The number of nitrogens with zero attached hydrogens (tertiary/aromatic N) is 1. The van der Waals surface area contributed by atoms with E-state index in [0.717, 1.165) is 6.26 Å². The third kappa shape index (κ3) is 3.16. The van der Waals surface area contributed by atoms with Gasteiger partial charge in [-0.15, -0.1) is 0 Å². The molecule has 80 valence electrons. The van der Waals surface area contributed by atoms with Crippen LogP contribution in [-0.4, -0.2) is 20.8 Å². The van der Waals surface area contributed by atoms with Crippen molar-refractivity contribution in [2.45, 2.75) is 11.4 Å². The normalized spacial score (nSPS) is 10.8. The Balaban J connectivity index is 3.32. The summed E-state index contributed by atoms with van der Waals surface area (Å²) in [7, 11) is -3.33. The lowest BCUT2D eigenvalue weighted by molar-refractivity contribution is 0.562. The molecule has 15 heavy (non-hydrogen) atoms. The van der Waals surface area contributed by atoms with E-state index in [1.165, 1.54) is 24.3 Å². The molecule has 0 aromatic heterocycles. The minimum Gasteiger partial charge on any atom is -0.224 e. The third-order valence-corrected chi connectivity index (χ3v) is 3.17. The Bertz CT molecular complexity index is 518. The smallest absolute Gasteiger partial charge is 0.224 e. The van der Waals surface area contributed by atoms with Gasteiger partial charge in [0.05, 0.1) is 11.4 Å². The molecule has 6 heteroatoms. The van der Waals surface area contributed by atoms with E-state index >= 15 is 0 Å². The molecule has 0 saturated carbocycles. The molecule has 0 heterocycles. The maximum Gasteiger partial charge on any atom is 0.235 e. The third-order valence-electron chi connectivity index (χ3n) is 1.74. The van der Waals surface area contributed by atoms with Crippen LogP contribution in [0, 0.1) is 0 Å². The van der Waals surface area contributed by atoms with Gasteiger partial charge in [-0.1, -0.05) is 11.6 Å². The SMILES string of the molecule is CS(=O)(=O)c1ccc(Cl)cc1CN=C=O. The molecule has 0 radical (unpaired) electrons. The molecule has 0 amide bonds. The Morgan fingerprint density at radius 2 is 2.13 bits per heavy atom. The Hall–Kier alpha value is -1.16. The number of hydrogen-bond donors (Lipinski definition) is 0. The highest BCUT2D eigenvalue weighted by Gasteiger charge is 2.12. The minimum atomic E-state index is -3.33. The zero-order valence-electron chi connectivity index (χ0n) is 7.90. The predicted molar refractivity (Wildman–Crippen MR) is 56.4 cm³/mol. The first-order valence-corrected chi connectivity index (χ1v) is 6.24. The number of benzene rings is 1. The molecule has 0 aliphatic rings. The van der Waals surface area contributed by atoms with Gasteiger partial charge in [-0.3, -0.25) is 0 Å².